The molecule has 0 spiro atoms. The zero-order valence-electron chi connectivity index (χ0n) is 11.8. The highest BCUT2D eigenvalue weighted by molar-refractivity contribution is 9.10. The van der Waals surface area contributed by atoms with Crippen LogP contribution in [0.15, 0.2) is 53.0 Å². The molecular formula is C17H15BrClNO2. The van der Waals surface area contributed by atoms with Crippen LogP contribution in [0.5, 0.6) is 0 Å². The van der Waals surface area contributed by atoms with Crippen LogP contribution >= 0.6 is 27.5 Å². The molecule has 0 aromatic heterocycles. The highest BCUT2D eigenvalue weighted by Gasteiger charge is 2.26. The summed E-state index contributed by atoms with van der Waals surface area (Å²) < 4.78 is 6.70. The molecule has 5 heteroatoms. The third kappa shape index (κ3) is 3.51. The Morgan fingerprint density at radius 2 is 2.00 bits per heavy atom. The normalized spacial score (nSPS) is 18.3. The van der Waals surface area contributed by atoms with Crippen molar-refractivity contribution in [2.24, 2.45) is 0 Å². The molecule has 22 heavy (non-hydrogen) atoms. The Bertz CT molecular complexity index is 675. The van der Waals surface area contributed by atoms with Gasteiger partial charge in [-0.2, -0.15) is 0 Å². The molecule has 114 valence electrons. The number of halogens is 2. The Labute approximate surface area is 143 Å². The van der Waals surface area contributed by atoms with Gasteiger partial charge in [0.05, 0.1) is 13.2 Å². The number of ether oxygens (including phenoxy) is 1. The lowest BCUT2D eigenvalue weighted by molar-refractivity contribution is -0.0228. The fraction of sp³-hybridized carbons (Fsp3) is 0.235. The van der Waals surface area contributed by atoms with E-state index in [9.17, 15) is 4.79 Å². The maximum absolute atomic E-state index is 12.6. The van der Waals surface area contributed by atoms with Crippen molar-refractivity contribution in [3.8, 4) is 0 Å². The Morgan fingerprint density at radius 1 is 1.23 bits per heavy atom. The van der Waals surface area contributed by atoms with Gasteiger partial charge in [-0.3, -0.25) is 4.79 Å². The van der Waals surface area contributed by atoms with Gasteiger partial charge in [0.1, 0.15) is 6.10 Å². The van der Waals surface area contributed by atoms with Gasteiger partial charge >= 0.3 is 0 Å². The number of morpholine rings is 1. The van der Waals surface area contributed by atoms with Crippen molar-refractivity contribution >= 4 is 33.4 Å². The number of carbonyl (C=O) groups excluding carboxylic acids is 1. The fourth-order valence-corrected chi connectivity index (χ4v) is 3.04. The number of hydrogen-bond acceptors (Lipinski definition) is 2. The maximum atomic E-state index is 12.6. The van der Waals surface area contributed by atoms with Crippen LogP contribution in [-0.2, 0) is 4.74 Å². The first kappa shape index (κ1) is 15.5. The highest BCUT2D eigenvalue weighted by atomic mass is 79.9. The third-order valence-electron chi connectivity index (χ3n) is 3.67. The second-order valence-corrected chi connectivity index (χ2v) is 6.52. The SMILES string of the molecule is O=C(c1cccc(Br)c1)N1CCOC(c2ccc(Cl)cc2)C1. The largest absolute Gasteiger partial charge is 0.370 e. The van der Waals surface area contributed by atoms with Crippen molar-refractivity contribution in [1.29, 1.82) is 0 Å². The monoisotopic (exact) mass is 379 g/mol. The number of nitrogens with zero attached hydrogens (tertiary/aromatic N) is 1. The highest BCUT2D eigenvalue weighted by Crippen LogP contribution is 2.25. The summed E-state index contributed by atoms with van der Waals surface area (Å²) in [5.41, 5.74) is 1.72. The van der Waals surface area contributed by atoms with E-state index in [0.29, 0.717) is 30.3 Å². The predicted molar refractivity (Wildman–Crippen MR) is 90.2 cm³/mol. The van der Waals surface area contributed by atoms with Crippen LogP contribution in [0.25, 0.3) is 0 Å². The second kappa shape index (κ2) is 6.82. The Hall–Kier alpha value is -1.36. The van der Waals surface area contributed by atoms with Crippen LogP contribution in [0.2, 0.25) is 5.02 Å². The molecule has 1 heterocycles. The van der Waals surface area contributed by atoms with E-state index in [0.717, 1.165) is 10.0 Å². The summed E-state index contributed by atoms with van der Waals surface area (Å²) in [5.74, 6) is 0.0311. The number of benzene rings is 2. The molecule has 1 atom stereocenters. The van der Waals surface area contributed by atoms with Crippen molar-refractivity contribution in [3.63, 3.8) is 0 Å². The van der Waals surface area contributed by atoms with Crippen molar-refractivity contribution in [1.82, 2.24) is 4.90 Å². The van der Waals surface area contributed by atoms with E-state index in [-0.39, 0.29) is 12.0 Å². The van der Waals surface area contributed by atoms with Crippen LogP contribution in [0.1, 0.15) is 22.0 Å². The quantitative estimate of drug-likeness (QED) is 0.777. The molecule has 1 aliphatic heterocycles. The molecule has 0 radical (unpaired) electrons. The van der Waals surface area contributed by atoms with Gasteiger partial charge in [0, 0.05) is 21.6 Å². The van der Waals surface area contributed by atoms with E-state index < -0.39 is 0 Å². The number of rotatable bonds is 2. The van der Waals surface area contributed by atoms with Crippen molar-refractivity contribution in [2.45, 2.75) is 6.10 Å². The Balaban J connectivity index is 1.75. The zero-order chi connectivity index (χ0) is 15.5. The summed E-state index contributed by atoms with van der Waals surface area (Å²) in [6.07, 6.45) is -0.109. The average molecular weight is 381 g/mol. The zero-order valence-corrected chi connectivity index (χ0v) is 14.2. The lowest BCUT2D eigenvalue weighted by Gasteiger charge is -2.33. The summed E-state index contributed by atoms with van der Waals surface area (Å²) in [7, 11) is 0. The van der Waals surface area contributed by atoms with E-state index in [2.05, 4.69) is 15.9 Å². The van der Waals surface area contributed by atoms with Gasteiger partial charge in [-0.25, -0.2) is 0 Å². The lowest BCUT2D eigenvalue weighted by atomic mass is 10.1. The van der Waals surface area contributed by atoms with Crippen LogP contribution < -0.4 is 0 Å². The number of hydrogen-bond donors (Lipinski definition) is 0. The summed E-state index contributed by atoms with van der Waals surface area (Å²) >= 11 is 9.32. The molecule has 1 saturated heterocycles. The average Bonchev–Trinajstić information content (AvgIpc) is 2.55. The molecule has 1 unspecified atom stereocenters. The standard InChI is InChI=1S/C17H15BrClNO2/c18-14-3-1-2-13(10-14)17(21)20-8-9-22-16(11-20)12-4-6-15(19)7-5-12/h1-7,10,16H,8-9,11H2. The topological polar surface area (TPSA) is 29.5 Å². The molecule has 1 fully saturated rings. The Morgan fingerprint density at radius 3 is 2.73 bits per heavy atom. The van der Waals surface area contributed by atoms with Gasteiger partial charge in [-0.15, -0.1) is 0 Å². The molecule has 0 N–H and O–H groups in total. The number of amides is 1. The second-order valence-electron chi connectivity index (χ2n) is 5.17. The summed E-state index contributed by atoms with van der Waals surface area (Å²) in [6.45, 7) is 1.69. The minimum Gasteiger partial charge on any atom is -0.370 e. The summed E-state index contributed by atoms with van der Waals surface area (Å²) in [5, 5.41) is 0.696. The maximum Gasteiger partial charge on any atom is 0.254 e. The minimum atomic E-state index is -0.109. The molecular weight excluding hydrogens is 366 g/mol. The van der Waals surface area contributed by atoms with E-state index in [1.165, 1.54) is 0 Å². The molecule has 0 aliphatic carbocycles. The molecule has 2 aromatic carbocycles. The smallest absolute Gasteiger partial charge is 0.254 e. The molecule has 1 amide bonds. The predicted octanol–water partition coefficient (Wildman–Crippen LogP) is 4.32. The lowest BCUT2D eigenvalue weighted by Crippen LogP contribution is -2.42. The first-order valence-electron chi connectivity index (χ1n) is 7.05. The van der Waals surface area contributed by atoms with Crippen LogP contribution in [0.4, 0.5) is 0 Å². The van der Waals surface area contributed by atoms with E-state index in [1.54, 1.807) is 0 Å². The van der Waals surface area contributed by atoms with Crippen LogP contribution in [-0.4, -0.2) is 30.5 Å². The first-order chi connectivity index (χ1) is 10.6. The van der Waals surface area contributed by atoms with Gasteiger partial charge in [0.25, 0.3) is 5.91 Å². The molecule has 3 rings (SSSR count). The van der Waals surface area contributed by atoms with Crippen molar-refractivity contribution < 1.29 is 9.53 Å². The molecule has 1 aliphatic rings. The molecule has 2 aromatic rings. The van der Waals surface area contributed by atoms with Crippen molar-refractivity contribution in [3.05, 3.63) is 69.2 Å². The van der Waals surface area contributed by atoms with E-state index in [4.69, 9.17) is 16.3 Å². The Kier molecular flexibility index (Phi) is 4.81. The molecule has 0 saturated carbocycles. The minimum absolute atomic E-state index is 0.0311. The summed E-state index contributed by atoms with van der Waals surface area (Å²) in [4.78, 5) is 14.4. The van der Waals surface area contributed by atoms with Crippen LogP contribution in [0.3, 0.4) is 0 Å². The number of carbonyl (C=O) groups is 1. The van der Waals surface area contributed by atoms with Crippen LogP contribution in [0, 0.1) is 0 Å². The van der Waals surface area contributed by atoms with Gasteiger partial charge in [0.2, 0.25) is 0 Å². The summed E-state index contributed by atoms with van der Waals surface area (Å²) in [6, 6.07) is 15.0. The van der Waals surface area contributed by atoms with Gasteiger partial charge in [-0.05, 0) is 35.9 Å². The third-order valence-corrected chi connectivity index (χ3v) is 4.41. The first-order valence-corrected chi connectivity index (χ1v) is 8.22. The van der Waals surface area contributed by atoms with E-state index in [1.807, 2.05) is 53.4 Å². The van der Waals surface area contributed by atoms with Crippen molar-refractivity contribution in [2.75, 3.05) is 19.7 Å². The van der Waals surface area contributed by atoms with Gasteiger partial charge in [0.15, 0.2) is 0 Å². The molecule has 0 bridgehead atoms. The fourth-order valence-electron chi connectivity index (χ4n) is 2.52. The van der Waals surface area contributed by atoms with Gasteiger partial charge < -0.3 is 9.64 Å². The van der Waals surface area contributed by atoms with E-state index >= 15 is 0 Å². The van der Waals surface area contributed by atoms with Gasteiger partial charge in [-0.1, -0.05) is 45.7 Å². The molecule has 3 nitrogen and oxygen atoms in total.